The van der Waals surface area contributed by atoms with Crippen LogP contribution in [-0.2, 0) is 4.79 Å². The molecule has 0 radical (unpaired) electrons. The summed E-state index contributed by atoms with van der Waals surface area (Å²) in [6.07, 6.45) is 1.31. The van der Waals surface area contributed by atoms with Crippen LogP contribution in [0.3, 0.4) is 0 Å². The minimum atomic E-state index is -0.268. The molecule has 14 heavy (non-hydrogen) atoms. The number of hydrogen-bond acceptors (Lipinski definition) is 3. The normalized spacial score (nSPS) is 31.4. The lowest BCUT2D eigenvalue weighted by Crippen LogP contribution is -2.49. The number of ketones is 1. The zero-order valence-electron chi connectivity index (χ0n) is 9.36. The number of Topliss-reactive ketones (excluding diaryl/α,β-unsaturated/α-hetero) is 1. The van der Waals surface area contributed by atoms with E-state index in [0.717, 1.165) is 13.0 Å². The molecule has 0 spiro atoms. The highest BCUT2D eigenvalue weighted by molar-refractivity contribution is 5.83. The summed E-state index contributed by atoms with van der Waals surface area (Å²) in [5.74, 6) is 0.641. The van der Waals surface area contributed by atoms with Crippen LogP contribution < -0.4 is 0 Å². The van der Waals surface area contributed by atoms with Crippen molar-refractivity contribution >= 4 is 5.78 Å². The molecule has 1 saturated heterocycles. The standard InChI is InChI=1S/C11H21NO2/c1-4-10(13)9(3)12-6-5-8(2)11(14)7-12/h8-9,11,14H,4-7H2,1-3H3. The van der Waals surface area contributed by atoms with E-state index in [1.165, 1.54) is 0 Å². The summed E-state index contributed by atoms with van der Waals surface area (Å²) in [4.78, 5) is 13.6. The Morgan fingerprint density at radius 3 is 2.79 bits per heavy atom. The first kappa shape index (κ1) is 11.7. The van der Waals surface area contributed by atoms with Crippen LogP contribution in [0.4, 0.5) is 0 Å². The minimum Gasteiger partial charge on any atom is -0.392 e. The third-order valence-electron chi connectivity index (χ3n) is 3.31. The molecule has 1 N–H and O–H groups in total. The lowest BCUT2D eigenvalue weighted by Gasteiger charge is -2.37. The Hall–Kier alpha value is -0.410. The molecule has 0 saturated carbocycles. The molecule has 1 rings (SSSR count). The summed E-state index contributed by atoms with van der Waals surface area (Å²) in [6.45, 7) is 7.48. The monoisotopic (exact) mass is 199 g/mol. The highest BCUT2D eigenvalue weighted by Crippen LogP contribution is 2.19. The van der Waals surface area contributed by atoms with Crippen molar-refractivity contribution in [3.8, 4) is 0 Å². The van der Waals surface area contributed by atoms with Crippen LogP contribution in [0.5, 0.6) is 0 Å². The van der Waals surface area contributed by atoms with E-state index in [-0.39, 0.29) is 17.9 Å². The van der Waals surface area contributed by atoms with Gasteiger partial charge in [-0.25, -0.2) is 0 Å². The van der Waals surface area contributed by atoms with Crippen LogP contribution in [0.15, 0.2) is 0 Å². The van der Waals surface area contributed by atoms with Crippen molar-refractivity contribution in [1.29, 1.82) is 0 Å². The highest BCUT2D eigenvalue weighted by atomic mass is 16.3. The number of aliphatic hydroxyl groups excluding tert-OH is 1. The van der Waals surface area contributed by atoms with Gasteiger partial charge in [-0.2, -0.15) is 0 Å². The van der Waals surface area contributed by atoms with Gasteiger partial charge in [-0.15, -0.1) is 0 Å². The minimum absolute atomic E-state index is 0.0258. The van der Waals surface area contributed by atoms with Crippen molar-refractivity contribution in [2.24, 2.45) is 5.92 Å². The van der Waals surface area contributed by atoms with Crippen LogP contribution in [0.2, 0.25) is 0 Å². The Bertz CT molecular complexity index is 205. The maximum Gasteiger partial charge on any atom is 0.149 e. The van der Waals surface area contributed by atoms with Crippen LogP contribution in [-0.4, -0.2) is 41.0 Å². The molecule has 82 valence electrons. The fourth-order valence-corrected chi connectivity index (χ4v) is 1.92. The second-order valence-electron chi connectivity index (χ2n) is 4.32. The number of carbonyl (C=O) groups is 1. The number of hydrogen-bond donors (Lipinski definition) is 1. The van der Waals surface area contributed by atoms with Gasteiger partial charge in [0.05, 0.1) is 12.1 Å². The quantitative estimate of drug-likeness (QED) is 0.739. The molecule has 0 amide bonds. The molecule has 0 aliphatic carbocycles. The number of rotatable bonds is 3. The number of carbonyl (C=O) groups excluding carboxylic acids is 1. The molecule has 0 aromatic heterocycles. The van der Waals surface area contributed by atoms with Crippen molar-refractivity contribution < 1.29 is 9.90 Å². The first-order valence-electron chi connectivity index (χ1n) is 5.51. The van der Waals surface area contributed by atoms with Crippen LogP contribution in [0, 0.1) is 5.92 Å². The van der Waals surface area contributed by atoms with Crippen molar-refractivity contribution in [3.05, 3.63) is 0 Å². The lowest BCUT2D eigenvalue weighted by atomic mass is 9.94. The van der Waals surface area contributed by atoms with Gasteiger partial charge in [0.2, 0.25) is 0 Å². The molecular formula is C11H21NO2. The Morgan fingerprint density at radius 1 is 1.64 bits per heavy atom. The van der Waals surface area contributed by atoms with E-state index < -0.39 is 0 Å². The summed E-state index contributed by atoms with van der Waals surface area (Å²) < 4.78 is 0. The Labute approximate surface area is 86.1 Å². The Balaban J connectivity index is 2.50. The molecule has 1 aliphatic rings. The third-order valence-corrected chi connectivity index (χ3v) is 3.31. The van der Waals surface area contributed by atoms with E-state index in [1.807, 2.05) is 13.8 Å². The van der Waals surface area contributed by atoms with Gasteiger partial charge < -0.3 is 5.11 Å². The van der Waals surface area contributed by atoms with Gasteiger partial charge in [-0.3, -0.25) is 9.69 Å². The van der Waals surface area contributed by atoms with Gasteiger partial charge in [0.1, 0.15) is 5.78 Å². The largest absolute Gasteiger partial charge is 0.392 e. The summed E-state index contributed by atoms with van der Waals surface area (Å²) in [5.41, 5.74) is 0. The lowest BCUT2D eigenvalue weighted by molar-refractivity contribution is -0.125. The first-order valence-corrected chi connectivity index (χ1v) is 5.51. The van der Waals surface area contributed by atoms with Crippen molar-refractivity contribution in [2.45, 2.75) is 45.8 Å². The SMILES string of the molecule is CCC(=O)C(C)N1CCC(C)C(O)C1. The summed E-state index contributed by atoms with van der Waals surface area (Å²) in [7, 11) is 0. The predicted molar refractivity (Wildman–Crippen MR) is 56.1 cm³/mol. The van der Waals surface area contributed by atoms with Crippen LogP contribution >= 0.6 is 0 Å². The third kappa shape index (κ3) is 2.55. The number of nitrogens with zero attached hydrogens (tertiary/aromatic N) is 1. The predicted octanol–water partition coefficient (Wildman–Crippen LogP) is 1.06. The van der Waals surface area contributed by atoms with E-state index in [0.29, 0.717) is 18.9 Å². The fourth-order valence-electron chi connectivity index (χ4n) is 1.92. The number of piperidine rings is 1. The molecule has 1 fully saturated rings. The van der Waals surface area contributed by atoms with E-state index in [4.69, 9.17) is 0 Å². The molecule has 3 unspecified atom stereocenters. The highest BCUT2D eigenvalue weighted by Gasteiger charge is 2.29. The molecule has 1 aliphatic heterocycles. The van der Waals surface area contributed by atoms with E-state index in [9.17, 15) is 9.90 Å². The van der Waals surface area contributed by atoms with E-state index in [1.54, 1.807) is 0 Å². The average molecular weight is 199 g/mol. The van der Waals surface area contributed by atoms with Crippen molar-refractivity contribution in [3.63, 3.8) is 0 Å². The van der Waals surface area contributed by atoms with Crippen molar-refractivity contribution in [2.75, 3.05) is 13.1 Å². The molecule has 3 heteroatoms. The van der Waals surface area contributed by atoms with Crippen molar-refractivity contribution in [1.82, 2.24) is 4.90 Å². The van der Waals surface area contributed by atoms with Gasteiger partial charge >= 0.3 is 0 Å². The zero-order chi connectivity index (χ0) is 10.7. The van der Waals surface area contributed by atoms with Gasteiger partial charge in [-0.1, -0.05) is 13.8 Å². The molecule has 0 aromatic carbocycles. The molecule has 0 aromatic rings. The van der Waals surface area contributed by atoms with Crippen LogP contribution in [0.25, 0.3) is 0 Å². The maximum atomic E-state index is 11.5. The topological polar surface area (TPSA) is 40.5 Å². The molecule has 3 atom stereocenters. The van der Waals surface area contributed by atoms with Gasteiger partial charge in [0, 0.05) is 13.0 Å². The van der Waals surface area contributed by atoms with E-state index >= 15 is 0 Å². The maximum absolute atomic E-state index is 11.5. The smallest absolute Gasteiger partial charge is 0.149 e. The number of aliphatic hydroxyl groups is 1. The fraction of sp³-hybridized carbons (Fsp3) is 0.909. The van der Waals surface area contributed by atoms with Gasteiger partial charge in [-0.05, 0) is 25.8 Å². The summed E-state index contributed by atoms with van der Waals surface area (Å²) >= 11 is 0. The summed E-state index contributed by atoms with van der Waals surface area (Å²) in [5, 5.41) is 9.70. The molecule has 3 nitrogen and oxygen atoms in total. The first-order chi connectivity index (χ1) is 6.56. The van der Waals surface area contributed by atoms with E-state index in [2.05, 4.69) is 11.8 Å². The average Bonchev–Trinajstić information content (AvgIpc) is 2.20. The van der Waals surface area contributed by atoms with Gasteiger partial charge in [0.25, 0.3) is 0 Å². The number of β-amino-alcohol motifs (C(OH)–C–C–N with tert-alkyl or cyclic N) is 1. The summed E-state index contributed by atoms with van der Waals surface area (Å²) in [6, 6.07) is -0.0258. The number of likely N-dealkylation sites (tertiary alicyclic amines) is 1. The second-order valence-corrected chi connectivity index (χ2v) is 4.32. The Morgan fingerprint density at radius 2 is 2.29 bits per heavy atom. The van der Waals surface area contributed by atoms with Gasteiger partial charge in [0.15, 0.2) is 0 Å². The molecule has 1 heterocycles. The second kappa shape index (κ2) is 4.89. The van der Waals surface area contributed by atoms with Crippen LogP contribution in [0.1, 0.15) is 33.6 Å². The zero-order valence-corrected chi connectivity index (χ0v) is 9.36. The Kier molecular flexibility index (Phi) is 4.08. The molecular weight excluding hydrogens is 178 g/mol. The molecule has 0 bridgehead atoms.